The van der Waals surface area contributed by atoms with Gasteiger partial charge < -0.3 is 5.43 Å². The average Bonchev–Trinajstić information content (AvgIpc) is 2.14. The summed E-state index contributed by atoms with van der Waals surface area (Å²) in [5, 5.41) is 0. The number of rotatable bonds is 1. The van der Waals surface area contributed by atoms with Gasteiger partial charge in [-0.05, 0) is 27.7 Å². The van der Waals surface area contributed by atoms with Gasteiger partial charge in [-0.2, -0.15) is 0 Å². The maximum atomic E-state index is 5.47. The first kappa shape index (κ1) is 11.7. The van der Waals surface area contributed by atoms with E-state index in [2.05, 4.69) is 17.3 Å². The van der Waals surface area contributed by atoms with Crippen LogP contribution in [0.4, 0.5) is 0 Å². The van der Waals surface area contributed by atoms with E-state index in [0.29, 0.717) is 0 Å². The van der Waals surface area contributed by atoms with Crippen molar-refractivity contribution in [2.45, 2.75) is 33.2 Å². The summed E-state index contributed by atoms with van der Waals surface area (Å²) >= 11 is 0. The molecule has 0 aliphatic carbocycles. The third kappa shape index (κ3) is 3.72. The summed E-state index contributed by atoms with van der Waals surface area (Å²) in [4.78, 5) is 4.51. The molecule has 1 aromatic carbocycles. The van der Waals surface area contributed by atoms with Crippen LogP contribution in [0.25, 0.3) is 0 Å². The van der Waals surface area contributed by atoms with Gasteiger partial charge in [0.05, 0.1) is 5.54 Å². The highest BCUT2D eigenvalue weighted by Crippen LogP contribution is 2.10. The zero-order valence-electron chi connectivity index (χ0n) is 9.83. The molecular weight excluding hydrogens is 186 g/mol. The second-order valence-electron chi connectivity index (χ2n) is 4.64. The molecule has 0 bridgehead atoms. The zero-order valence-corrected chi connectivity index (χ0v) is 9.83. The van der Waals surface area contributed by atoms with E-state index in [9.17, 15) is 0 Å². The SMILES string of the molecule is Cc1ccc(C(=NC(C)(C)C)NN)cc1. The molecule has 3 heteroatoms. The van der Waals surface area contributed by atoms with Crippen LogP contribution in [0, 0.1) is 6.92 Å². The fourth-order valence-corrected chi connectivity index (χ4v) is 1.23. The number of hydrogen-bond donors (Lipinski definition) is 2. The highest BCUT2D eigenvalue weighted by molar-refractivity contribution is 5.98. The van der Waals surface area contributed by atoms with Crippen molar-refractivity contribution in [2.75, 3.05) is 0 Å². The second kappa shape index (κ2) is 4.45. The maximum Gasteiger partial charge on any atom is 0.143 e. The molecule has 3 N–H and O–H groups in total. The van der Waals surface area contributed by atoms with Crippen LogP contribution in [-0.2, 0) is 0 Å². The standard InChI is InChI=1S/C12H19N3/c1-9-5-7-10(8-6-9)11(15-13)14-12(2,3)4/h5-8H,13H2,1-4H3,(H,14,15). The normalized spacial score (nSPS) is 12.7. The molecule has 1 rings (SSSR count). The Labute approximate surface area is 91.4 Å². The lowest BCUT2D eigenvalue weighted by Crippen LogP contribution is -2.33. The van der Waals surface area contributed by atoms with Gasteiger partial charge in [-0.1, -0.05) is 29.8 Å². The number of hydrazine groups is 1. The van der Waals surface area contributed by atoms with Crippen LogP contribution in [0.2, 0.25) is 0 Å². The molecule has 0 saturated carbocycles. The van der Waals surface area contributed by atoms with E-state index in [4.69, 9.17) is 5.84 Å². The van der Waals surface area contributed by atoms with Crippen LogP contribution < -0.4 is 11.3 Å². The van der Waals surface area contributed by atoms with Crippen LogP contribution in [0.1, 0.15) is 31.9 Å². The number of hydrogen-bond acceptors (Lipinski definition) is 2. The van der Waals surface area contributed by atoms with E-state index in [1.807, 2.05) is 45.0 Å². The van der Waals surface area contributed by atoms with Gasteiger partial charge in [0.25, 0.3) is 0 Å². The van der Waals surface area contributed by atoms with Crippen molar-refractivity contribution >= 4 is 5.84 Å². The summed E-state index contributed by atoms with van der Waals surface area (Å²) in [5.74, 6) is 6.19. The summed E-state index contributed by atoms with van der Waals surface area (Å²) < 4.78 is 0. The van der Waals surface area contributed by atoms with Gasteiger partial charge in [-0.3, -0.25) is 4.99 Å². The first-order valence-electron chi connectivity index (χ1n) is 5.06. The number of nitrogens with two attached hydrogens (primary N) is 1. The number of benzene rings is 1. The van der Waals surface area contributed by atoms with Crippen LogP contribution in [0.5, 0.6) is 0 Å². The molecule has 0 unspecified atom stereocenters. The van der Waals surface area contributed by atoms with Crippen molar-refractivity contribution < 1.29 is 0 Å². The smallest absolute Gasteiger partial charge is 0.143 e. The largest absolute Gasteiger partial charge is 0.308 e. The number of amidine groups is 1. The summed E-state index contributed by atoms with van der Waals surface area (Å²) in [7, 11) is 0. The Kier molecular flexibility index (Phi) is 3.48. The third-order valence-electron chi connectivity index (χ3n) is 1.91. The quantitative estimate of drug-likeness (QED) is 0.319. The molecule has 0 radical (unpaired) electrons. The van der Waals surface area contributed by atoms with E-state index in [1.54, 1.807) is 0 Å². The van der Waals surface area contributed by atoms with Crippen molar-refractivity contribution in [3.05, 3.63) is 35.4 Å². The third-order valence-corrected chi connectivity index (χ3v) is 1.91. The van der Waals surface area contributed by atoms with Crippen molar-refractivity contribution in [3.8, 4) is 0 Å². The van der Waals surface area contributed by atoms with Gasteiger partial charge in [-0.25, -0.2) is 5.84 Å². The van der Waals surface area contributed by atoms with E-state index in [-0.39, 0.29) is 5.54 Å². The first-order valence-corrected chi connectivity index (χ1v) is 5.06. The average molecular weight is 205 g/mol. The molecule has 0 spiro atoms. The summed E-state index contributed by atoms with van der Waals surface area (Å²) in [6.45, 7) is 8.18. The van der Waals surface area contributed by atoms with E-state index in [1.165, 1.54) is 5.56 Å². The van der Waals surface area contributed by atoms with Gasteiger partial charge in [0.2, 0.25) is 0 Å². The predicted molar refractivity (Wildman–Crippen MR) is 64.8 cm³/mol. The lowest BCUT2D eigenvalue weighted by molar-refractivity contribution is 0.580. The van der Waals surface area contributed by atoms with Gasteiger partial charge >= 0.3 is 0 Å². The van der Waals surface area contributed by atoms with Gasteiger partial charge in [-0.15, -0.1) is 0 Å². The van der Waals surface area contributed by atoms with Crippen molar-refractivity contribution in [1.82, 2.24) is 5.43 Å². The Morgan fingerprint density at radius 3 is 2.13 bits per heavy atom. The zero-order chi connectivity index (χ0) is 11.5. The molecule has 82 valence electrons. The van der Waals surface area contributed by atoms with E-state index in [0.717, 1.165) is 11.4 Å². The molecule has 0 saturated heterocycles. The topological polar surface area (TPSA) is 50.4 Å². The molecule has 0 atom stereocenters. The van der Waals surface area contributed by atoms with Gasteiger partial charge in [0, 0.05) is 5.56 Å². The summed E-state index contributed by atoms with van der Waals surface area (Å²) in [6.07, 6.45) is 0. The van der Waals surface area contributed by atoms with Gasteiger partial charge in [0.1, 0.15) is 5.84 Å². The Hall–Kier alpha value is -1.35. The minimum absolute atomic E-state index is 0.132. The van der Waals surface area contributed by atoms with Crippen molar-refractivity contribution in [3.63, 3.8) is 0 Å². The highest BCUT2D eigenvalue weighted by Gasteiger charge is 2.10. The minimum Gasteiger partial charge on any atom is -0.308 e. The molecule has 0 amide bonds. The molecule has 0 aromatic heterocycles. The molecule has 0 heterocycles. The molecule has 0 fully saturated rings. The van der Waals surface area contributed by atoms with Crippen LogP contribution in [0.3, 0.4) is 0 Å². The van der Waals surface area contributed by atoms with Gasteiger partial charge in [0.15, 0.2) is 0 Å². The van der Waals surface area contributed by atoms with Crippen molar-refractivity contribution in [1.29, 1.82) is 0 Å². The van der Waals surface area contributed by atoms with Crippen LogP contribution in [-0.4, -0.2) is 11.4 Å². The second-order valence-corrected chi connectivity index (χ2v) is 4.64. The lowest BCUT2D eigenvalue weighted by atomic mass is 10.1. The Balaban J connectivity index is 3.03. The fourth-order valence-electron chi connectivity index (χ4n) is 1.23. The Morgan fingerprint density at radius 1 is 1.20 bits per heavy atom. The summed E-state index contributed by atoms with van der Waals surface area (Å²) in [5.41, 5.74) is 4.75. The number of aliphatic imine (C=N–C) groups is 1. The van der Waals surface area contributed by atoms with Crippen LogP contribution in [0.15, 0.2) is 29.3 Å². The minimum atomic E-state index is -0.132. The van der Waals surface area contributed by atoms with E-state index >= 15 is 0 Å². The Bertz CT molecular complexity index is 344. The molecule has 0 aliphatic heterocycles. The van der Waals surface area contributed by atoms with E-state index < -0.39 is 0 Å². The molecule has 0 aliphatic rings. The molecule has 15 heavy (non-hydrogen) atoms. The molecule has 1 aromatic rings. The molecular formula is C12H19N3. The highest BCUT2D eigenvalue weighted by atomic mass is 15.3. The lowest BCUT2D eigenvalue weighted by Gasteiger charge is -2.15. The summed E-state index contributed by atoms with van der Waals surface area (Å²) in [6, 6.07) is 8.12. The Morgan fingerprint density at radius 2 is 1.73 bits per heavy atom. The van der Waals surface area contributed by atoms with Crippen LogP contribution >= 0.6 is 0 Å². The number of nitrogens with zero attached hydrogens (tertiary/aromatic N) is 1. The first-order chi connectivity index (χ1) is 6.92. The predicted octanol–water partition coefficient (Wildman–Crippen LogP) is 2.00. The maximum absolute atomic E-state index is 5.47. The molecule has 3 nitrogen and oxygen atoms in total. The van der Waals surface area contributed by atoms with Crippen molar-refractivity contribution in [2.24, 2.45) is 10.8 Å². The number of aryl methyl sites for hydroxylation is 1. The number of nitrogens with one attached hydrogen (secondary N) is 1. The fraction of sp³-hybridized carbons (Fsp3) is 0.417. The monoisotopic (exact) mass is 205 g/mol.